The van der Waals surface area contributed by atoms with Gasteiger partial charge in [0.1, 0.15) is 5.75 Å². The summed E-state index contributed by atoms with van der Waals surface area (Å²) >= 11 is 1.14. The van der Waals surface area contributed by atoms with Crippen molar-refractivity contribution in [3.8, 4) is 17.1 Å². The molecule has 0 saturated heterocycles. The number of nitrogens with two attached hydrogens (primary N) is 1. The van der Waals surface area contributed by atoms with E-state index in [4.69, 9.17) is 20.4 Å². The van der Waals surface area contributed by atoms with E-state index in [1.807, 2.05) is 24.3 Å². The lowest BCUT2D eigenvalue weighted by Crippen LogP contribution is -2.03. The summed E-state index contributed by atoms with van der Waals surface area (Å²) in [4.78, 5) is 4.22. The summed E-state index contributed by atoms with van der Waals surface area (Å²) in [5, 5.41) is 11.0. The van der Waals surface area contributed by atoms with E-state index in [0.717, 1.165) is 23.1 Å². The van der Waals surface area contributed by atoms with Gasteiger partial charge in [-0.2, -0.15) is 4.98 Å². The van der Waals surface area contributed by atoms with Gasteiger partial charge in [0.15, 0.2) is 5.17 Å². The number of aromatic nitrogens is 2. The summed E-state index contributed by atoms with van der Waals surface area (Å²) < 4.78 is 10.1. The maximum Gasteiger partial charge on any atom is 0.237 e. The maximum atomic E-state index is 7.10. The Morgan fingerprint density at radius 3 is 2.78 bits per heavy atom. The summed E-state index contributed by atoms with van der Waals surface area (Å²) in [7, 11) is 1.61. The lowest BCUT2D eigenvalue weighted by atomic mass is 10.2. The van der Waals surface area contributed by atoms with Crippen LogP contribution in [0.25, 0.3) is 11.4 Å². The van der Waals surface area contributed by atoms with Crippen molar-refractivity contribution in [1.82, 2.24) is 10.1 Å². The van der Waals surface area contributed by atoms with Gasteiger partial charge in [-0.1, -0.05) is 16.9 Å². The fraction of sp³-hybridized carbons (Fsp3) is 0.182. The first-order valence-electron chi connectivity index (χ1n) is 5.13. The van der Waals surface area contributed by atoms with Crippen molar-refractivity contribution < 1.29 is 9.26 Å². The zero-order chi connectivity index (χ0) is 13.0. The van der Waals surface area contributed by atoms with E-state index < -0.39 is 0 Å². The third-order valence-electron chi connectivity index (χ3n) is 2.17. The number of ether oxygens (including phenoxy) is 1. The first kappa shape index (κ1) is 12.4. The Balaban J connectivity index is 2.10. The first-order valence-corrected chi connectivity index (χ1v) is 6.11. The predicted octanol–water partition coefficient (Wildman–Crippen LogP) is 1.87. The Labute approximate surface area is 108 Å². The van der Waals surface area contributed by atoms with E-state index in [9.17, 15) is 0 Å². The van der Waals surface area contributed by atoms with E-state index in [2.05, 4.69) is 10.1 Å². The van der Waals surface area contributed by atoms with Crippen LogP contribution in [0.4, 0.5) is 0 Å². The van der Waals surface area contributed by atoms with Crippen LogP contribution < -0.4 is 10.5 Å². The minimum atomic E-state index is 0.0270. The highest BCUT2D eigenvalue weighted by Gasteiger charge is 2.09. The van der Waals surface area contributed by atoms with E-state index >= 15 is 0 Å². The molecule has 0 aliphatic carbocycles. The first-order chi connectivity index (χ1) is 8.69. The summed E-state index contributed by atoms with van der Waals surface area (Å²) in [5.41, 5.74) is 6.08. The van der Waals surface area contributed by atoms with Gasteiger partial charge < -0.3 is 15.0 Å². The van der Waals surface area contributed by atoms with Crippen molar-refractivity contribution >= 4 is 16.9 Å². The van der Waals surface area contributed by atoms with Crippen LogP contribution in [0, 0.1) is 5.41 Å². The molecule has 0 radical (unpaired) electrons. The lowest BCUT2D eigenvalue weighted by Gasteiger charge is -1.98. The normalized spacial score (nSPS) is 10.3. The van der Waals surface area contributed by atoms with E-state index in [-0.39, 0.29) is 5.17 Å². The van der Waals surface area contributed by atoms with Gasteiger partial charge in [-0.3, -0.25) is 5.41 Å². The molecule has 0 aliphatic heterocycles. The molecule has 0 unspecified atom stereocenters. The summed E-state index contributed by atoms with van der Waals surface area (Å²) in [6, 6.07) is 7.36. The van der Waals surface area contributed by atoms with Gasteiger partial charge in [-0.25, -0.2) is 0 Å². The van der Waals surface area contributed by atoms with E-state index in [0.29, 0.717) is 17.5 Å². The Hall–Kier alpha value is -2.02. The monoisotopic (exact) mass is 264 g/mol. The molecule has 2 rings (SSSR count). The number of amidine groups is 1. The van der Waals surface area contributed by atoms with Crippen LogP contribution in [0.2, 0.25) is 0 Å². The number of rotatable bonds is 4. The van der Waals surface area contributed by atoms with Crippen molar-refractivity contribution in [2.45, 2.75) is 5.75 Å². The Morgan fingerprint density at radius 2 is 2.17 bits per heavy atom. The topological polar surface area (TPSA) is 98.0 Å². The quantitative estimate of drug-likeness (QED) is 0.646. The van der Waals surface area contributed by atoms with Crippen LogP contribution >= 0.6 is 11.8 Å². The second-order valence-electron chi connectivity index (χ2n) is 3.39. The van der Waals surface area contributed by atoms with Crippen LogP contribution in [-0.4, -0.2) is 22.4 Å². The molecule has 1 aromatic carbocycles. The van der Waals surface area contributed by atoms with E-state index in [1.165, 1.54) is 0 Å². The number of nitrogens with zero attached hydrogens (tertiary/aromatic N) is 2. The van der Waals surface area contributed by atoms with Gasteiger partial charge in [0.05, 0.1) is 12.9 Å². The molecule has 0 amide bonds. The molecule has 0 spiro atoms. The number of benzene rings is 1. The third-order valence-corrected chi connectivity index (χ3v) is 2.87. The summed E-state index contributed by atoms with van der Waals surface area (Å²) in [6.07, 6.45) is 0. The van der Waals surface area contributed by atoms with Crippen molar-refractivity contribution in [2.75, 3.05) is 7.11 Å². The zero-order valence-corrected chi connectivity index (χ0v) is 10.5. The van der Waals surface area contributed by atoms with E-state index in [1.54, 1.807) is 7.11 Å². The second-order valence-corrected chi connectivity index (χ2v) is 4.41. The minimum absolute atomic E-state index is 0.0270. The highest BCUT2D eigenvalue weighted by Crippen LogP contribution is 2.20. The fourth-order valence-electron chi connectivity index (χ4n) is 1.31. The molecule has 94 valence electrons. The number of hydrogen-bond acceptors (Lipinski definition) is 6. The van der Waals surface area contributed by atoms with Crippen molar-refractivity contribution in [2.24, 2.45) is 5.73 Å². The molecule has 0 aliphatic rings. The third kappa shape index (κ3) is 3.01. The molecule has 0 bridgehead atoms. The highest BCUT2D eigenvalue weighted by molar-refractivity contribution is 8.12. The van der Waals surface area contributed by atoms with Crippen molar-refractivity contribution in [3.63, 3.8) is 0 Å². The average molecular weight is 264 g/mol. The number of hydrogen-bond donors (Lipinski definition) is 2. The molecule has 1 aromatic heterocycles. The van der Waals surface area contributed by atoms with Crippen LogP contribution in [0.3, 0.4) is 0 Å². The van der Waals surface area contributed by atoms with Gasteiger partial charge in [0, 0.05) is 5.56 Å². The molecule has 0 atom stereocenters. The molecule has 0 fully saturated rings. The Kier molecular flexibility index (Phi) is 3.83. The molecule has 18 heavy (non-hydrogen) atoms. The largest absolute Gasteiger partial charge is 0.497 e. The van der Waals surface area contributed by atoms with Crippen molar-refractivity contribution in [3.05, 3.63) is 30.2 Å². The molecule has 0 saturated carbocycles. The predicted molar refractivity (Wildman–Crippen MR) is 69.5 cm³/mol. The number of nitrogens with one attached hydrogen (secondary N) is 1. The van der Waals surface area contributed by atoms with Crippen LogP contribution in [-0.2, 0) is 5.75 Å². The van der Waals surface area contributed by atoms with Gasteiger partial charge in [0.25, 0.3) is 0 Å². The summed E-state index contributed by atoms with van der Waals surface area (Å²) in [6.45, 7) is 0. The standard InChI is InChI=1S/C11H12N4O2S/c1-16-8-4-2-7(3-5-8)10-14-9(17-15-10)6-18-11(12)13/h2-5H,6H2,1H3,(H3,12,13). The number of thioether (sulfide) groups is 1. The minimum Gasteiger partial charge on any atom is -0.497 e. The number of methoxy groups -OCH3 is 1. The van der Waals surface area contributed by atoms with Crippen molar-refractivity contribution in [1.29, 1.82) is 5.41 Å². The SMILES string of the molecule is COc1ccc(-c2noc(CSC(=N)N)n2)cc1. The molecule has 2 aromatic rings. The maximum absolute atomic E-state index is 7.10. The highest BCUT2D eigenvalue weighted by atomic mass is 32.2. The van der Waals surface area contributed by atoms with Gasteiger partial charge >= 0.3 is 0 Å². The van der Waals surface area contributed by atoms with Gasteiger partial charge in [-0.15, -0.1) is 0 Å². The molecule has 6 nitrogen and oxygen atoms in total. The second kappa shape index (κ2) is 5.54. The smallest absolute Gasteiger partial charge is 0.237 e. The van der Waals surface area contributed by atoms with Crippen LogP contribution in [0.15, 0.2) is 28.8 Å². The fourth-order valence-corrected chi connectivity index (χ4v) is 1.71. The zero-order valence-electron chi connectivity index (χ0n) is 9.71. The molecule has 7 heteroatoms. The molecular formula is C11H12N4O2S. The Morgan fingerprint density at radius 1 is 1.44 bits per heavy atom. The summed E-state index contributed by atoms with van der Waals surface area (Å²) in [5.74, 6) is 2.13. The average Bonchev–Trinajstić information content (AvgIpc) is 2.85. The lowest BCUT2D eigenvalue weighted by molar-refractivity contribution is 0.392. The molecule has 3 N–H and O–H groups in total. The van der Waals surface area contributed by atoms with Crippen LogP contribution in [0.1, 0.15) is 5.89 Å². The molecular weight excluding hydrogens is 252 g/mol. The van der Waals surface area contributed by atoms with Gasteiger partial charge in [0.2, 0.25) is 11.7 Å². The van der Waals surface area contributed by atoms with Crippen LogP contribution in [0.5, 0.6) is 5.75 Å². The molecule has 1 heterocycles. The Bertz CT molecular complexity index is 538. The van der Waals surface area contributed by atoms with Gasteiger partial charge in [-0.05, 0) is 24.3 Å².